The number of ether oxygens (including phenoxy) is 2. The number of thioether (sulfide) groups is 1. The number of rotatable bonds is 11. The van der Waals surface area contributed by atoms with Gasteiger partial charge in [-0.15, -0.1) is 21.5 Å². The Kier molecular flexibility index (Phi) is 9.67. The number of hydrogen-bond donors (Lipinski definition) is 1. The topological polar surface area (TPSA) is 111 Å². The summed E-state index contributed by atoms with van der Waals surface area (Å²) in [7, 11) is 3.14. The van der Waals surface area contributed by atoms with Crippen molar-refractivity contribution in [3.05, 3.63) is 117 Å². The summed E-state index contributed by atoms with van der Waals surface area (Å²) in [6, 6.07) is 25.6. The van der Waals surface area contributed by atoms with E-state index in [4.69, 9.17) is 26.2 Å². The van der Waals surface area contributed by atoms with Gasteiger partial charge in [0, 0.05) is 11.4 Å². The first-order valence-electron chi connectivity index (χ1n) is 14.3. The van der Waals surface area contributed by atoms with E-state index in [0.717, 1.165) is 21.9 Å². The molecule has 0 spiro atoms. The van der Waals surface area contributed by atoms with Gasteiger partial charge in [-0.1, -0.05) is 59.8 Å². The third kappa shape index (κ3) is 6.79. The predicted molar refractivity (Wildman–Crippen MR) is 179 cm³/mol. The lowest BCUT2D eigenvalue weighted by molar-refractivity contribution is -0.130. The van der Waals surface area contributed by atoms with Crippen LogP contribution in [0.15, 0.2) is 101 Å². The Labute approximate surface area is 279 Å². The molecule has 3 aromatic carbocycles. The van der Waals surface area contributed by atoms with E-state index in [-0.39, 0.29) is 30.2 Å². The van der Waals surface area contributed by atoms with Gasteiger partial charge in [-0.3, -0.25) is 14.2 Å². The minimum Gasteiger partial charge on any atom is -0.497 e. The molecule has 0 radical (unpaired) electrons. The molecule has 46 heavy (non-hydrogen) atoms. The summed E-state index contributed by atoms with van der Waals surface area (Å²) in [5, 5.41) is 21.0. The number of benzene rings is 3. The average Bonchev–Trinajstić information content (AvgIpc) is 3.86. The van der Waals surface area contributed by atoms with E-state index < -0.39 is 0 Å². The molecule has 1 aliphatic heterocycles. The first-order valence-corrected chi connectivity index (χ1v) is 16.5. The Hall–Kier alpha value is -4.65. The summed E-state index contributed by atoms with van der Waals surface area (Å²) in [5.41, 5.74) is 2.93. The van der Waals surface area contributed by atoms with Gasteiger partial charge >= 0.3 is 0 Å². The van der Waals surface area contributed by atoms with Crippen LogP contribution in [0.3, 0.4) is 0 Å². The fourth-order valence-electron chi connectivity index (χ4n) is 5.08. The van der Waals surface area contributed by atoms with Gasteiger partial charge in [0.25, 0.3) is 11.8 Å². The molecule has 3 heterocycles. The molecule has 0 fully saturated rings. The number of nitrogens with one attached hydrogen (secondary N) is 1. The molecule has 0 saturated heterocycles. The van der Waals surface area contributed by atoms with Gasteiger partial charge < -0.3 is 14.8 Å². The maximum absolute atomic E-state index is 13.8. The molecule has 5 aromatic rings. The van der Waals surface area contributed by atoms with Crippen LogP contribution >= 0.6 is 34.7 Å². The number of thiophene rings is 1. The molecule has 0 bridgehead atoms. The molecular formula is C33H29ClN6O4S2. The minimum atomic E-state index is -0.319. The third-order valence-electron chi connectivity index (χ3n) is 7.32. The fourth-order valence-corrected chi connectivity index (χ4v) is 6.81. The van der Waals surface area contributed by atoms with Gasteiger partial charge in [-0.2, -0.15) is 5.10 Å². The second-order valence-corrected chi connectivity index (χ2v) is 12.5. The number of halogens is 1. The molecule has 2 amide bonds. The number of hydrazone groups is 1. The van der Waals surface area contributed by atoms with Crippen LogP contribution in [0, 0.1) is 0 Å². The third-order valence-corrected chi connectivity index (χ3v) is 9.39. The zero-order valence-corrected chi connectivity index (χ0v) is 27.3. The summed E-state index contributed by atoms with van der Waals surface area (Å²) >= 11 is 9.18. The van der Waals surface area contributed by atoms with E-state index in [1.807, 2.05) is 53.9 Å². The van der Waals surface area contributed by atoms with Gasteiger partial charge in [0.15, 0.2) is 11.0 Å². The Morgan fingerprint density at radius 1 is 1.00 bits per heavy atom. The van der Waals surface area contributed by atoms with Crippen LogP contribution in [0.1, 0.15) is 39.1 Å². The molecule has 234 valence electrons. The Morgan fingerprint density at radius 2 is 1.83 bits per heavy atom. The van der Waals surface area contributed by atoms with Gasteiger partial charge in [-0.25, -0.2) is 5.01 Å². The minimum absolute atomic E-state index is 0.0557. The van der Waals surface area contributed by atoms with E-state index >= 15 is 0 Å². The van der Waals surface area contributed by atoms with Crippen LogP contribution in [-0.2, 0) is 11.3 Å². The number of nitrogens with zero attached hydrogens (tertiary/aromatic N) is 5. The summed E-state index contributed by atoms with van der Waals surface area (Å²) in [6.07, 6.45) is 0.595. The summed E-state index contributed by atoms with van der Waals surface area (Å²) < 4.78 is 12.5. The second kappa shape index (κ2) is 14.2. The van der Waals surface area contributed by atoms with E-state index in [9.17, 15) is 9.59 Å². The van der Waals surface area contributed by atoms with Crippen molar-refractivity contribution >= 4 is 52.2 Å². The van der Waals surface area contributed by atoms with Crippen molar-refractivity contribution in [2.75, 3.05) is 20.0 Å². The number of methoxy groups -OCH3 is 2. The lowest BCUT2D eigenvalue weighted by Gasteiger charge is -2.22. The fraction of sp³-hybridized carbons (Fsp3) is 0.182. The number of para-hydroxylation sites is 1. The van der Waals surface area contributed by atoms with E-state index in [1.54, 1.807) is 64.4 Å². The van der Waals surface area contributed by atoms with Crippen LogP contribution in [0.5, 0.6) is 11.5 Å². The lowest BCUT2D eigenvalue weighted by atomic mass is 10.0. The van der Waals surface area contributed by atoms with Crippen molar-refractivity contribution < 1.29 is 19.1 Å². The van der Waals surface area contributed by atoms with Gasteiger partial charge in [0.2, 0.25) is 0 Å². The highest BCUT2D eigenvalue weighted by molar-refractivity contribution is 7.99. The highest BCUT2D eigenvalue weighted by atomic mass is 35.5. The van der Waals surface area contributed by atoms with Crippen molar-refractivity contribution in [1.82, 2.24) is 25.1 Å². The highest BCUT2D eigenvalue weighted by Crippen LogP contribution is 2.35. The second-order valence-electron chi connectivity index (χ2n) is 10.1. The van der Waals surface area contributed by atoms with Gasteiger partial charge in [0.1, 0.15) is 11.5 Å². The molecular weight excluding hydrogens is 644 g/mol. The summed E-state index contributed by atoms with van der Waals surface area (Å²) in [5.74, 6) is 1.23. The van der Waals surface area contributed by atoms with Crippen LogP contribution < -0.4 is 14.8 Å². The van der Waals surface area contributed by atoms with Gasteiger partial charge in [0.05, 0.1) is 54.4 Å². The molecule has 1 aliphatic rings. The SMILES string of the molecule is COc1ccc([C@H]2CC(c3cccs3)=NN2C(=O)CSc2nnc(CNC(=O)c3ccccc3OC)n2-c2cccc(Cl)c2)cc1. The zero-order chi connectivity index (χ0) is 32.0. The first kappa shape index (κ1) is 31.3. The molecule has 10 nitrogen and oxygen atoms in total. The number of carbonyl (C=O) groups is 2. The number of hydrogen-bond acceptors (Lipinski definition) is 9. The quantitative estimate of drug-likeness (QED) is 0.162. The van der Waals surface area contributed by atoms with Crippen molar-refractivity contribution in [3.8, 4) is 17.2 Å². The summed E-state index contributed by atoms with van der Waals surface area (Å²) in [6.45, 7) is 0.0744. The number of carbonyl (C=O) groups excluding carboxylic acids is 2. The molecule has 0 unspecified atom stereocenters. The van der Waals surface area contributed by atoms with E-state index in [2.05, 4.69) is 15.5 Å². The van der Waals surface area contributed by atoms with Crippen molar-refractivity contribution in [2.45, 2.75) is 24.2 Å². The van der Waals surface area contributed by atoms with Crippen LogP contribution in [0.2, 0.25) is 5.02 Å². The molecule has 1 N–H and O–H groups in total. The van der Waals surface area contributed by atoms with Crippen LogP contribution in [-0.4, -0.2) is 57.3 Å². The number of amides is 2. The molecule has 0 aliphatic carbocycles. The summed E-state index contributed by atoms with van der Waals surface area (Å²) in [4.78, 5) is 27.9. The molecule has 13 heteroatoms. The standard InChI is InChI=1S/C33H29ClN6O4S2/c1-43-24-14-12-21(13-15-24)27-18-26(29-11-6-16-45-29)38-40(27)31(41)20-46-33-37-36-30(39(33)23-8-5-7-22(34)17-23)19-35-32(42)25-9-3-4-10-28(25)44-2/h3-17,27H,18-20H2,1-2H3,(H,35,42)/t27-/m1/s1. The number of aromatic nitrogens is 3. The molecule has 1 atom stereocenters. The highest BCUT2D eigenvalue weighted by Gasteiger charge is 2.34. The Bertz CT molecular complexity index is 1880. The Morgan fingerprint density at radius 3 is 2.57 bits per heavy atom. The van der Waals surface area contributed by atoms with Crippen LogP contribution in [0.25, 0.3) is 5.69 Å². The molecule has 0 saturated carbocycles. The zero-order valence-electron chi connectivity index (χ0n) is 24.9. The van der Waals surface area contributed by atoms with Crippen LogP contribution in [0.4, 0.5) is 0 Å². The maximum Gasteiger partial charge on any atom is 0.255 e. The largest absolute Gasteiger partial charge is 0.497 e. The molecule has 2 aromatic heterocycles. The van der Waals surface area contributed by atoms with E-state index in [1.165, 1.54) is 18.9 Å². The van der Waals surface area contributed by atoms with Crippen molar-refractivity contribution in [2.24, 2.45) is 5.10 Å². The van der Waals surface area contributed by atoms with Gasteiger partial charge in [-0.05, 0) is 59.5 Å². The van der Waals surface area contributed by atoms with Crippen molar-refractivity contribution in [3.63, 3.8) is 0 Å². The monoisotopic (exact) mass is 672 g/mol. The molecule has 6 rings (SSSR count). The lowest BCUT2D eigenvalue weighted by Crippen LogP contribution is -2.28. The smallest absolute Gasteiger partial charge is 0.255 e. The normalized spacial score (nSPS) is 14.2. The first-order chi connectivity index (χ1) is 22.4. The predicted octanol–water partition coefficient (Wildman–Crippen LogP) is 6.40. The average molecular weight is 673 g/mol. The van der Waals surface area contributed by atoms with E-state index in [0.29, 0.717) is 39.4 Å². The Balaban J connectivity index is 1.24. The van der Waals surface area contributed by atoms with Crippen molar-refractivity contribution in [1.29, 1.82) is 0 Å². The maximum atomic E-state index is 13.8.